The highest BCUT2D eigenvalue weighted by molar-refractivity contribution is 5.98. The van der Waals surface area contributed by atoms with E-state index in [-0.39, 0.29) is 116 Å². The summed E-state index contributed by atoms with van der Waals surface area (Å²) in [5.41, 5.74) is 11.0. The number of hydrogen-bond donors (Lipinski definition) is 6. The van der Waals surface area contributed by atoms with Crippen molar-refractivity contribution in [2.45, 2.75) is 215 Å². The normalized spacial score (nSPS) is 19.8. The van der Waals surface area contributed by atoms with Crippen molar-refractivity contribution in [2.75, 3.05) is 61.0 Å². The van der Waals surface area contributed by atoms with Crippen LogP contribution in [-0.2, 0) is 52.4 Å². The number of aromatic nitrogens is 9. The zero-order valence-corrected chi connectivity index (χ0v) is 79.4. The van der Waals surface area contributed by atoms with E-state index < -0.39 is 39.9 Å². The first-order valence-electron chi connectivity index (χ1n) is 47.4. The van der Waals surface area contributed by atoms with Crippen molar-refractivity contribution in [3.63, 3.8) is 0 Å². The van der Waals surface area contributed by atoms with E-state index >= 15 is 0 Å². The second-order valence-corrected chi connectivity index (χ2v) is 37.1. The Hall–Kier alpha value is -12.8. The molecule has 0 saturated heterocycles. The zero-order chi connectivity index (χ0) is 98.1. The topological polar surface area (TPSA) is 404 Å². The van der Waals surface area contributed by atoms with Crippen molar-refractivity contribution in [2.24, 2.45) is 29.3 Å². The molecular formula is C105H119F3N12O19. The summed E-state index contributed by atoms with van der Waals surface area (Å²) in [6.45, 7) is 13.9. The largest absolute Gasteiger partial charge is 0.493 e. The average Bonchev–Trinajstić information content (AvgIpc) is 1.58. The molecule has 11 aromatic rings. The van der Waals surface area contributed by atoms with Gasteiger partial charge in [-0.3, -0.25) is 24.6 Å². The molecule has 0 bridgehead atoms. The monoisotopic (exact) mass is 1910 g/mol. The smallest absolute Gasteiger partial charge is 0.271 e. The first kappa shape index (κ1) is 99.2. The predicted molar refractivity (Wildman–Crippen MR) is 505 cm³/mol. The summed E-state index contributed by atoms with van der Waals surface area (Å²) in [7, 11) is 4.68. The van der Waals surface area contributed by atoms with Crippen molar-refractivity contribution in [3.05, 3.63) is 239 Å². The number of benzene rings is 6. The molecule has 139 heavy (non-hydrogen) atoms. The molecule has 5 aromatic heterocycles. The quantitative estimate of drug-likeness (QED) is 0.00520. The molecule has 6 aliphatic carbocycles. The SMILES string of the molecule is CCOC(OCC)OCC.COc1cc(C(=O)CC[C@](O)(c2cc3c(c(-c4ccc(F)cc4)n2)OC[C@]3(C)N)C2CC2)ccc1OC1CC1.COc1cc(C(=O)CC[C@](O)(c2cc3c(c(-c4ccc(F)cc4)n2)OC[C@]3(C)n2cnnc2)C2CC2)ccc1OC1CC1.COc1cc(C(=O)CC[C@](O)(c2cc3c(c(-c4ccc(F)cc4)n2)OC[C@]3(C)n2cnnc2)C2CC2)ccc1OC1CC1.NNC=O. The molecule has 20 rings (SSSR count). The minimum atomic E-state index is -1.35. The van der Waals surface area contributed by atoms with E-state index in [0.29, 0.717) is 159 Å². The third-order valence-corrected chi connectivity index (χ3v) is 26.7. The van der Waals surface area contributed by atoms with Crippen LogP contribution in [-0.4, -0.2) is 169 Å². The number of hydrazine groups is 1. The van der Waals surface area contributed by atoms with Crippen LogP contribution >= 0.6 is 0 Å². The van der Waals surface area contributed by atoms with E-state index in [0.717, 1.165) is 93.7 Å². The third kappa shape index (κ3) is 22.6. The number of nitrogens with zero attached hydrogens (tertiary/aromatic N) is 9. The molecule has 6 saturated carbocycles. The molecule has 6 fully saturated rings. The fourth-order valence-corrected chi connectivity index (χ4v) is 17.7. The number of fused-ring (bicyclic) bond motifs is 3. The number of pyridine rings is 3. The zero-order valence-electron chi connectivity index (χ0n) is 79.4. The molecule has 8 heterocycles. The number of aliphatic hydroxyl groups is 3. The third-order valence-electron chi connectivity index (χ3n) is 26.7. The maximum absolute atomic E-state index is 13.9. The molecule has 0 unspecified atom stereocenters. The van der Waals surface area contributed by atoms with E-state index in [1.54, 1.807) is 143 Å². The highest BCUT2D eigenvalue weighted by Gasteiger charge is 2.53. The van der Waals surface area contributed by atoms with Gasteiger partial charge in [-0.05, 0) is 301 Å². The Morgan fingerprint density at radius 2 is 0.719 bits per heavy atom. The van der Waals surface area contributed by atoms with Crippen molar-refractivity contribution < 1.29 is 105 Å². The number of rotatable bonds is 39. The van der Waals surface area contributed by atoms with Crippen LogP contribution in [0.15, 0.2) is 171 Å². The van der Waals surface area contributed by atoms with Gasteiger partial charge in [-0.15, -0.1) is 20.4 Å². The Labute approximate surface area is 804 Å². The van der Waals surface area contributed by atoms with Crippen molar-refractivity contribution in [1.82, 2.24) is 49.9 Å². The Bertz CT molecular complexity index is 5900. The number of ketones is 3. The molecular weight excluding hydrogens is 1790 g/mol. The van der Waals surface area contributed by atoms with Gasteiger partial charge in [-0.1, -0.05) is 0 Å². The number of ether oxygens (including phenoxy) is 12. The maximum Gasteiger partial charge on any atom is 0.271 e. The van der Waals surface area contributed by atoms with Crippen LogP contribution in [0.2, 0.25) is 0 Å². The average molecular weight is 1910 g/mol. The van der Waals surface area contributed by atoms with Crippen molar-refractivity contribution in [1.29, 1.82) is 0 Å². The number of Topliss-reactive ketones (excluding diaryl/α,β-unsaturated/α-hetero) is 3. The summed E-state index contributed by atoms with van der Waals surface area (Å²) in [6, 6.07) is 39.5. The molecule has 0 radical (unpaired) electrons. The van der Waals surface area contributed by atoms with Gasteiger partial charge in [0.2, 0.25) is 6.41 Å². The van der Waals surface area contributed by atoms with Gasteiger partial charge < -0.3 is 87.0 Å². The molecule has 31 nitrogen and oxygen atoms in total. The molecule has 6 aromatic carbocycles. The van der Waals surface area contributed by atoms with Gasteiger partial charge in [0.05, 0.1) is 62.3 Å². The van der Waals surface area contributed by atoms with Gasteiger partial charge in [0, 0.05) is 89.2 Å². The van der Waals surface area contributed by atoms with Gasteiger partial charge >= 0.3 is 0 Å². The van der Waals surface area contributed by atoms with Crippen LogP contribution in [0.5, 0.6) is 51.7 Å². The summed E-state index contributed by atoms with van der Waals surface area (Å²) in [5.74, 6) is 8.07. The predicted octanol–water partition coefficient (Wildman–Crippen LogP) is 16.1. The molecule has 1 amide bonds. The van der Waals surface area contributed by atoms with Crippen LogP contribution in [0.4, 0.5) is 13.2 Å². The first-order valence-corrected chi connectivity index (χ1v) is 47.4. The van der Waals surface area contributed by atoms with Crippen LogP contribution in [0.1, 0.15) is 222 Å². The summed E-state index contributed by atoms with van der Waals surface area (Å²) in [5, 5.41) is 52.7. The molecule has 0 spiro atoms. The molecule has 734 valence electrons. The van der Waals surface area contributed by atoms with Gasteiger partial charge in [-0.25, -0.2) is 34.0 Å². The van der Waals surface area contributed by atoms with Crippen LogP contribution in [0.3, 0.4) is 0 Å². The number of nitrogens with one attached hydrogen (secondary N) is 1. The Balaban J connectivity index is 0.000000141. The summed E-state index contributed by atoms with van der Waals surface area (Å²) < 4.78 is 113. The van der Waals surface area contributed by atoms with Gasteiger partial charge in [-0.2, -0.15) is 0 Å². The van der Waals surface area contributed by atoms with E-state index in [4.69, 9.17) is 82.3 Å². The van der Waals surface area contributed by atoms with Crippen LogP contribution in [0, 0.1) is 35.2 Å². The summed E-state index contributed by atoms with van der Waals surface area (Å²) >= 11 is 0. The number of hydrogen-bond acceptors (Lipinski definition) is 28. The summed E-state index contributed by atoms with van der Waals surface area (Å²) in [6.07, 6.45) is 19.7. The van der Waals surface area contributed by atoms with E-state index in [1.165, 1.54) is 36.4 Å². The number of methoxy groups -OCH3 is 3. The fourth-order valence-electron chi connectivity index (χ4n) is 17.7. The van der Waals surface area contributed by atoms with E-state index in [2.05, 4.69) is 26.2 Å². The summed E-state index contributed by atoms with van der Waals surface area (Å²) in [4.78, 5) is 63.9. The lowest BCUT2D eigenvalue weighted by Gasteiger charge is -2.30. The number of halogens is 3. The molecule has 3 aliphatic heterocycles. The lowest BCUT2D eigenvalue weighted by Crippen LogP contribution is -2.35. The Morgan fingerprint density at radius 3 is 0.986 bits per heavy atom. The highest BCUT2D eigenvalue weighted by Crippen LogP contribution is 2.57. The van der Waals surface area contributed by atoms with Gasteiger partial charge in [0.1, 0.15) is 108 Å². The fraction of sp³-hybridized carbons (Fsp3) is 0.438. The van der Waals surface area contributed by atoms with Crippen molar-refractivity contribution >= 4 is 23.8 Å². The van der Waals surface area contributed by atoms with Gasteiger partial charge in [0.25, 0.3) is 6.48 Å². The Kier molecular flexibility index (Phi) is 30.3. The minimum absolute atomic E-state index is 0.0212. The Morgan fingerprint density at radius 1 is 0.439 bits per heavy atom. The van der Waals surface area contributed by atoms with Gasteiger partial charge in [0.15, 0.2) is 69.1 Å². The minimum Gasteiger partial charge on any atom is -0.493 e. The number of amides is 1. The highest BCUT2D eigenvalue weighted by atomic mass is 19.1. The second-order valence-electron chi connectivity index (χ2n) is 37.1. The number of nitrogens with two attached hydrogens (primary N) is 2. The van der Waals surface area contributed by atoms with Crippen molar-refractivity contribution in [3.8, 4) is 85.5 Å². The van der Waals surface area contributed by atoms with Crippen LogP contribution < -0.4 is 59.6 Å². The van der Waals surface area contributed by atoms with E-state index in [9.17, 15) is 42.9 Å². The first-order chi connectivity index (χ1) is 67.0. The second kappa shape index (κ2) is 42.5. The van der Waals surface area contributed by atoms with Crippen LogP contribution in [0.25, 0.3) is 33.8 Å². The standard InChI is InChI=1S/2C33H33FN4O5.C31H33FN2O5.C7H16O3.CH4N2O/c2*1-32(38-18-35-36-19-38)17-42-31-25(32)16-29(37-30(31)20-3-8-23(34)9-4-20)33(40,22-6-7-22)14-13-26(39)21-5-12-27(28(15-21)41-2)43-24-10-11-24;1-30(33)17-38-29-23(30)16-27(34-28(29)18-3-8-21(32)9-4-18)31(36,20-6-7-20)14-13-24(35)19-5-12-25(26(15-19)37-2)39-22-10-11-22;1-4-8-7(9-5-2)10-6-3;2-3-1-4/h2*3-5,8-9,12,15-16,18-19,22,24,40H,6-7,10-11,13-14,17H2,1-2H3;3-5,8-9,12,15-16,20,22,36H,6-7,10-11,13-14,17,33H2,1-2H3;7H,4-6H2,1-3H3;1H,2H2,(H,3,4)/t2*32-,33+;30-,31+;;/m000../s1. The molecule has 34 heteroatoms. The molecule has 6 atom stereocenters. The molecule has 8 N–H and O–H groups in total. The molecule has 9 aliphatic rings. The number of carbonyl (C=O) groups excluding carboxylic acids is 4. The lowest BCUT2D eigenvalue weighted by molar-refractivity contribution is -0.282. The lowest BCUT2D eigenvalue weighted by atomic mass is 9.83. The number of carbonyl (C=O) groups is 4. The van der Waals surface area contributed by atoms with E-state index in [1.807, 2.05) is 68.9 Å². The maximum atomic E-state index is 13.9.